The van der Waals surface area contributed by atoms with Crippen LogP contribution in [0.1, 0.15) is 18.6 Å². The zero-order valence-corrected chi connectivity index (χ0v) is 12.5. The Bertz CT molecular complexity index is 946. The molecule has 4 aromatic rings. The van der Waals surface area contributed by atoms with Crippen molar-refractivity contribution in [2.75, 3.05) is 0 Å². The van der Waals surface area contributed by atoms with Crippen LogP contribution in [0.4, 0.5) is 0 Å². The highest BCUT2D eigenvalue weighted by atomic mass is 16.3. The fourth-order valence-corrected chi connectivity index (χ4v) is 2.99. The molecule has 0 bridgehead atoms. The van der Waals surface area contributed by atoms with Gasteiger partial charge in [0.2, 0.25) is 0 Å². The maximum absolute atomic E-state index is 9.84. The molecular formula is C18H17N3O. The largest absolute Gasteiger partial charge is 0.389 e. The second-order valence-electron chi connectivity index (χ2n) is 5.73. The van der Waals surface area contributed by atoms with E-state index in [-0.39, 0.29) is 0 Å². The number of fused-ring (bicyclic) bond motifs is 2. The lowest BCUT2D eigenvalue weighted by atomic mass is 10.0. The van der Waals surface area contributed by atoms with E-state index in [2.05, 4.69) is 45.0 Å². The molecule has 4 heteroatoms. The van der Waals surface area contributed by atoms with Crippen LogP contribution in [-0.4, -0.2) is 19.6 Å². The molecule has 1 atom stereocenters. The molecule has 0 saturated heterocycles. The molecule has 3 heterocycles. The molecule has 22 heavy (non-hydrogen) atoms. The Morgan fingerprint density at radius 2 is 2.09 bits per heavy atom. The second kappa shape index (κ2) is 4.71. The number of nitrogens with zero attached hydrogens (tertiary/aromatic N) is 2. The van der Waals surface area contributed by atoms with E-state index in [1.807, 2.05) is 19.2 Å². The number of aryl methyl sites for hydroxylation is 1. The highest BCUT2D eigenvalue weighted by Crippen LogP contribution is 2.33. The van der Waals surface area contributed by atoms with Crippen molar-refractivity contribution in [2.45, 2.75) is 13.0 Å². The van der Waals surface area contributed by atoms with Gasteiger partial charge in [-0.15, -0.1) is 0 Å². The summed E-state index contributed by atoms with van der Waals surface area (Å²) in [6.45, 7) is 1.79. The van der Waals surface area contributed by atoms with E-state index in [9.17, 15) is 5.11 Å². The van der Waals surface area contributed by atoms with Gasteiger partial charge in [-0.1, -0.05) is 6.07 Å². The molecule has 3 aromatic heterocycles. The number of hydrogen-bond acceptors (Lipinski definition) is 2. The van der Waals surface area contributed by atoms with Gasteiger partial charge in [0.25, 0.3) is 0 Å². The van der Waals surface area contributed by atoms with E-state index in [0.717, 1.165) is 38.8 Å². The molecule has 4 nitrogen and oxygen atoms in total. The maximum atomic E-state index is 9.84. The molecule has 0 aliphatic heterocycles. The number of hydrogen-bond donors (Lipinski definition) is 2. The van der Waals surface area contributed by atoms with Crippen LogP contribution in [0, 0.1) is 0 Å². The molecule has 0 aliphatic rings. The first-order chi connectivity index (χ1) is 10.6. The molecule has 4 rings (SSSR count). The summed E-state index contributed by atoms with van der Waals surface area (Å²) in [6, 6.07) is 12.2. The van der Waals surface area contributed by atoms with Crippen LogP contribution >= 0.6 is 0 Å². The Morgan fingerprint density at radius 1 is 1.23 bits per heavy atom. The first-order valence-electron chi connectivity index (χ1n) is 7.34. The van der Waals surface area contributed by atoms with Gasteiger partial charge in [0.15, 0.2) is 0 Å². The summed E-state index contributed by atoms with van der Waals surface area (Å²) < 4.78 is 2.11. The van der Waals surface area contributed by atoms with Gasteiger partial charge in [-0.05, 0) is 42.8 Å². The van der Waals surface area contributed by atoms with E-state index in [1.165, 1.54) is 0 Å². The van der Waals surface area contributed by atoms with Crippen molar-refractivity contribution in [2.24, 2.45) is 7.05 Å². The van der Waals surface area contributed by atoms with Crippen LogP contribution in [0.3, 0.4) is 0 Å². The third kappa shape index (κ3) is 1.92. The van der Waals surface area contributed by atoms with Crippen molar-refractivity contribution in [3.63, 3.8) is 0 Å². The number of aromatic nitrogens is 3. The van der Waals surface area contributed by atoms with Crippen LogP contribution in [0.2, 0.25) is 0 Å². The van der Waals surface area contributed by atoms with Crippen LogP contribution in [0.5, 0.6) is 0 Å². The molecular weight excluding hydrogens is 274 g/mol. The van der Waals surface area contributed by atoms with Crippen molar-refractivity contribution in [1.29, 1.82) is 0 Å². The third-order valence-corrected chi connectivity index (χ3v) is 4.18. The number of aromatic amines is 1. The van der Waals surface area contributed by atoms with Gasteiger partial charge in [0, 0.05) is 47.0 Å². The third-order valence-electron chi connectivity index (χ3n) is 4.18. The summed E-state index contributed by atoms with van der Waals surface area (Å²) in [5.74, 6) is 0. The first kappa shape index (κ1) is 13.1. The minimum absolute atomic E-state index is 0.471. The fourth-order valence-electron chi connectivity index (χ4n) is 2.99. The normalized spacial score (nSPS) is 13.0. The molecule has 0 aliphatic carbocycles. The monoisotopic (exact) mass is 291 g/mol. The Labute approximate surface area is 128 Å². The van der Waals surface area contributed by atoms with Crippen molar-refractivity contribution in [1.82, 2.24) is 14.5 Å². The smallest absolute Gasteiger partial charge is 0.137 e. The molecule has 110 valence electrons. The SMILES string of the molecule is CC(O)c1ccc2c(c1)c(-c1cc3cccnc3[nH]1)cn2C. The summed E-state index contributed by atoms with van der Waals surface area (Å²) in [7, 11) is 2.04. The Balaban J connectivity index is 1.98. The van der Waals surface area contributed by atoms with Crippen molar-refractivity contribution >= 4 is 21.9 Å². The number of benzene rings is 1. The van der Waals surface area contributed by atoms with Gasteiger partial charge in [-0.25, -0.2) is 4.98 Å². The average Bonchev–Trinajstić information content (AvgIpc) is 3.08. The summed E-state index contributed by atoms with van der Waals surface area (Å²) >= 11 is 0. The number of nitrogens with one attached hydrogen (secondary N) is 1. The standard InChI is InChI=1S/C18H17N3O/c1-11(22)12-5-6-17-14(8-12)15(10-21(17)2)16-9-13-4-3-7-19-18(13)20-16/h3-11,22H,1-2H3,(H,19,20). The van der Waals surface area contributed by atoms with Crippen LogP contribution in [0.25, 0.3) is 33.2 Å². The predicted molar refractivity (Wildman–Crippen MR) is 88.6 cm³/mol. The van der Waals surface area contributed by atoms with Gasteiger partial charge in [0.1, 0.15) is 5.65 Å². The molecule has 1 unspecified atom stereocenters. The quantitative estimate of drug-likeness (QED) is 0.590. The first-order valence-corrected chi connectivity index (χ1v) is 7.34. The van der Waals surface area contributed by atoms with Crippen LogP contribution in [0.15, 0.2) is 48.8 Å². The highest BCUT2D eigenvalue weighted by Gasteiger charge is 2.13. The highest BCUT2D eigenvalue weighted by molar-refractivity contribution is 5.98. The zero-order chi connectivity index (χ0) is 15.3. The lowest BCUT2D eigenvalue weighted by Gasteiger charge is -2.05. The number of aliphatic hydroxyl groups is 1. The summed E-state index contributed by atoms with van der Waals surface area (Å²) in [5.41, 5.74) is 5.13. The van der Waals surface area contributed by atoms with Gasteiger partial charge < -0.3 is 14.7 Å². The molecule has 0 radical (unpaired) electrons. The van der Waals surface area contributed by atoms with Crippen molar-refractivity contribution in [3.8, 4) is 11.3 Å². The Hall–Kier alpha value is -2.59. The number of aliphatic hydroxyl groups excluding tert-OH is 1. The summed E-state index contributed by atoms with van der Waals surface area (Å²) in [6.07, 6.45) is 3.43. The maximum Gasteiger partial charge on any atom is 0.137 e. The summed E-state index contributed by atoms with van der Waals surface area (Å²) in [5, 5.41) is 12.1. The second-order valence-corrected chi connectivity index (χ2v) is 5.73. The molecule has 0 saturated carbocycles. The van der Waals surface area contributed by atoms with Crippen LogP contribution < -0.4 is 0 Å². The minimum Gasteiger partial charge on any atom is -0.389 e. The fraction of sp³-hybridized carbons (Fsp3) is 0.167. The average molecular weight is 291 g/mol. The van der Waals surface area contributed by atoms with E-state index >= 15 is 0 Å². The van der Waals surface area contributed by atoms with Gasteiger partial charge in [0.05, 0.1) is 6.10 Å². The van der Waals surface area contributed by atoms with Gasteiger partial charge >= 0.3 is 0 Å². The predicted octanol–water partition coefficient (Wildman–Crippen LogP) is 3.77. The van der Waals surface area contributed by atoms with Gasteiger partial charge in [-0.3, -0.25) is 0 Å². The van der Waals surface area contributed by atoms with E-state index in [1.54, 1.807) is 13.1 Å². The molecule has 0 fully saturated rings. The molecule has 2 N–H and O–H groups in total. The Kier molecular flexibility index (Phi) is 2.81. The van der Waals surface area contributed by atoms with E-state index in [0.29, 0.717) is 0 Å². The zero-order valence-electron chi connectivity index (χ0n) is 12.5. The van der Waals surface area contributed by atoms with E-state index in [4.69, 9.17) is 0 Å². The van der Waals surface area contributed by atoms with Crippen molar-refractivity contribution < 1.29 is 5.11 Å². The molecule has 0 spiro atoms. The topological polar surface area (TPSA) is 53.8 Å². The summed E-state index contributed by atoms with van der Waals surface area (Å²) in [4.78, 5) is 7.74. The molecule has 0 amide bonds. The minimum atomic E-state index is -0.471. The van der Waals surface area contributed by atoms with E-state index < -0.39 is 6.10 Å². The van der Waals surface area contributed by atoms with Crippen LogP contribution in [-0.2, 0) is 7.05 Å². The number of H-pyrrole nitrogens is 1. The van der Waals surface area contributed by atoms with Gasteiger partial charge in [-0.2, -0.15) is 0 Å². The molecule has 1 aromatic carbocycles. The lowest BCUT2D eigenvalue weighted by molar-refractivity contribution is 0.199. The number of pyridine rings is 1. The lowest BCUT2D eigenvalue weighted by Crippen LogP contribution is -1.91. The van der Waals surface area contributed by atoms with Crippen molar-refractivity contribution in [3.05, 3.63) is 54.4 Å². The number of rotatable bonds is 2. The Morgan fingerprint density at radius 3 is 2.86 bits per heavy atom.